The summed E-state index contributed by atoms with van der Waals surface area (Å²) in [5.41, 5.74) is 1.93. The molecule has 2 aromatic carbocycles. The van der Waals surface area contributed by atoms with Gasteiger partial charge in [0.25, 0.3) is 0 Å². The Hall–Kier alpha value is -3.13. The molecule has 1 saturated heterocycles. The van der Waals surface area contributed by atoms with Gasteiger partial charge in [-0.25, -0.2) is 9.07 Å². The van der Waals surface area contributed by atoms with Crippen LogP contribution >= 0.6 is 0 Å². The quantitative estimate of drug-likeness (QED) is 0.694. The van der Waals surface area contributed by atoms with Crippen LogP contribution in [0.3, 0.4) is 0 Å². The summed E-state index contributed by atoms with van der Waals surface area (Å²) in [4.78, 5) is 15.4. The van der Waals surface area contributed by atoms with Crippen LogP contribution in [0.25, 0.3) is 0 Å². The van der Waals surface area contributed by atoms with Gasteiger partial charge in [-0.2, -0.15) is 0 Å². The lowest BCUT2D eigenvalue weighted by molar-refractivity contribution is -0.124. The van der Waals surface area contributed by atoms with E-state index in [4.69, 9.17) is 0 Å². The van der Waals surface area contributed by atoms with Crippen LogP contribution in [0.1, 0.15) is 30.0 Å². The molecule has 0 spiro atoms. The Labute approximate surface area is 168 Å². The Morgan fingerprint density at radius 2 is 1.83 bits per heavy atom. The number of likely N-dealkylation sites (tertiary alicyclic amines) is 1. The lowest BCUT2D eigenvalue weighted by Crippen LogP contribution is -2.46. The molecule has 1 aliphatic rings. The molecule has 1 aromatic heterocycles. The number of carbonyl (C=O) groups excluding carboxylic acids is 1. The van der Waals surface area contributed by atoms with Crippen LogP contribution < -0.4 is 5.32 Å². The molecule has 7 nitrogen and oxygen atoms in total. The minimum atomic E-state index is -0.594. The number of nitrogens with one attached hydrogen (secondary N) is 1. The second kappa shape index (κ2) is 8.91. The normalized spacial score (nSPS) is 16.4. The summed E-state index contributed by atoms with van der Waals surface area (Å²) in [7, 11) is 0. The molecule has 1 amide bonds. The van der Waals surface area contributed by atoms with E-state index in [-0.39, 0.29) is 17.8 Å². The predicted octanol–water partition coefficient (Wildman–Crippen LogP) is 2.18. The minimum Gasteiger partial charge on any atom is -0.351 e. The molecule has 8 heteroatoms. The van der Waals surface area contributed by atoms with E-state index in [0.717, 1.165) is 43.6 Å². The Bertz CT molecular complexity index is 908. The number of amides is 1. The number of benzene rings is 2. The van der Waals surface area contributed by atoms with E-state index in [2.05, 4.69) is 25.7 Å². The highest BCUT2D eigenvalue weighted by molar-refractivity contribution is 5.83. The fourth-order valence-corrected chi connectivity index (χ4v) is 3.71. The first-order valence-electron chi connectivity index (χ1n) is 9.73. The molecule has 1 atom stereocenters. The summed E-state index contributed by atoms with van der Waals surface area (Å²) in [6.07, 6.45) is 3.19. The van der Waals surface area contributed by atoms with Gasteiger partial charge in [-0.1, -0.05) is 42.5 Å². The van der Waals surface area contributed by atoms with Crippen LogP contribution in [0.5, 0.6) is 0 Å². The molecule has 0 radical (unpaired) electrons. The number of piperidine rings is 1. The van der Waals surface area contributed by atoms with Crippen molar-refractivity contribution in [2.75, 3.05) is 13.1 Å². The summed E-state index contributed by atoms with van der Waals surface area (Å²) in [5, 5.41) is 14.4. The summed E-state index contributed by atoms with van der Waals surface area (Å²) in [5.74, 6) is -0.328. The van der Waals surface area contributed by atoms with Gasteiger partial charge in [0.2, 0.25) is 5.91 Å². The van der Waals surface area contributed by atoms with E-state index in [1.807, 2.05) is 42.5 Å². The van der Waals surface area contributed by atoms with Crippen molar-refractivity contribution in [3.05, 3.63) is 77.9 Å². The van der Waals surface area contributed by atoms with Crippen LogP contribution in [-0.2, 0) is 11.3 Å². The maximum absolute atomic E-state index is 13.1. The zero-order valence-electron chi connectivity index (χ0n) is 16.0. The van der Waals surface area contributed by atoms with Crippen molar-refractivity contribution in [3.8, 4) is 0 Å². The lowest BCUT2D eigenvalue weighted by Gasteiger charge is -2.33. The molecular weight excluding hydrogens is 371 g/mol. The number of halogens is 1. The van der Waals surface area contributed by atoms with Gasteiger partial charge in [0.1, 0.15) is 12.1 Å². The molecule has 1 aliphatic heterocycles. The average Bonchev–Trinajstić information content (AvgIpc) is 3.26. The van der Waals surface area contributed by atoms with E-state index >= 15 is 0 Å². The van der Waals surface area contributed by atoms with E-state index in [1.54, 1.807) is 0 Å². The second-order valence-electron chi connectivity index (χ2n) is 7.29. The van der Waals surface area contributed by atoms with Crippen molar-refractivity contribution in [2.45, 2.75) is 31.5 Å². The van der Waals surface area contributed by atoms with Crippen molar-refractivity contribution in [1.29, 1.82) is 0 Å². The van der Waals surface area contributed by atoms with Crippen molar-refractivity contribution >= 4 is 5.91 Å². The van der Waals surface area contributed by atoms with Crippen LogP contribution in [0.2, 0.25) is 0 Å². The molecule has 29 heavy (non-hydrogen) atoms. The Balaban J connectivity index is 1.35. The van der Waals surface area contributed by atoms with Crippen molar-refractivity contribution < 1.29 is 9.18 Å². The molecule has 0 unspecified atom stereocenters. The number of hydrogen-bond acceptors (Lipinski definition) is 5. The first kappa shape index (κ1) is 19.2. The van der Waals surface area contributed by atoms with Gasteiger partial charge in [0.05, 0.1) is 0 Å². The Morgan fingerprint density at radius 1 is 1.10 bits per heavy atom. The molecular formula is C21H23FN6O. The van der Waals surface area contributed by atoms with Crippen LogP contribution in [0, 0.1) is 5.82 Å². The van der Waals surface area contributed by atoms with Gasteiger partial charge >= 0.3 is 0 Å². The smallest absolute Gasteiger partial charge is 0.249 e. The van der Waals surface area contributed by atoms with Gasteiger partial charge in [0.15, 0.2) is 6.04 Å². The summed E-state index contributed by atoms with van der Waals surface area (Å²) < 4.78 is 14.5. The molecule has 0 saturated carbocycles. The van der Waals surface area contributed by atoms with Crippen LogP contribution in [-0.4, -0.2) is 50.1 Å². The summed E-state index contributed by atoms with van der Waals surface area (Å²) >= 11 is 0. The van der Waals surface area contributed by atoms with Gasteiger partial charge < -0.3 is 5.32 Å². The third kappa shape index (κ3) is 4.83. The van der Waals surface area contributed by atoms with Crippen LogP contribution in [0.15, 0.2) is 60.9 Å². The molecule has 3 aromatic rings. The number of rotatable bonds is 6. The molecule has 4 rings (SSSR count). The van der Waals surface area contributed by atoms with Crippen molar-refractivity contribution in [3.63, 3.8) is 0 Å². The molecule has 1 N–H and O–H groups in total. The van der Waals surface area contributed by atoms with Crippen LogP contribution in [0.4, 0.5) is 4.39 Å². The molecule has 0 aliphatic carbocycles. The maximum atomic E-state index is 13.1. The first-order valence-corrected chi connectivity index (χ1v) is 9.73. The summed E-state index contributed by atoms with van der Waals surface area (Å²) in [6, 6.07) is 15.6. The lowest BCUT2D eigenvalue weighted by atomic mass is 10.0. The number of hydrogen-bond donors (Lipinski definition) is 1. The van der Waals surface area contributed by atoms with E-state index < -0.39 is 6.04 Å². The molecule has 2 heterocycles. The minimum absolute atomic E-state index is 0.106. The number of tetrazole rings is 1. The highest BCUT2D eigenvalue weighted by Gasteiger charge is 2.27. The zero-order chi connectivity index (χ0) is 20.1. The molecule has 0 bridgehead atoms. The van der Waals surface area contributed by atoms with E-state index in [9.17, 15) is 9.18 Å². The first-order chi connectivity index (χ1) is 14.2. The largest absolute Gasteiger partial charge is 0.351 e. The SMILES string of the molecule is O=C(NC1CCN(Cc2ccc(F)cc2)CC1)[C@H](c1ccccc1)n1cnnn1. The number of carbonyl (C=O) groups is 1. The van der Waals surface area contributed by atoms with Gasteiger partial charge in [-0.15, -0.1) is 5.10 Å². The van der Waals surface area contributed by atoms with Crippen molar-refractivity contribution in [2.24, 2.45) is 0 Å². The highest BCUT2D eigenvalue weighted by atomic mass is 19.1. The molecule has 150 valence electrons. The monoisotopic (exact) mass is 394 g/mol. The van der Waals surface area contributed by atoms with E-state index in [1.165, 1.54) is 23.1 Å². The summed E-state index contributed by atoms with van der Waals surface area (Å²) in [6.45, 7) is 2.55. The third-order valence-electron chi connectivity index (χ3n) is 5.25. The Kier molecular flexibility index (Phi) is 5.90. The predicted molar refractivity (Wildman–Crippen MR) is 105 cm³/mol. The third-order valence-corrected chi connectivity index (χ3v) is 5.25. The standard InChI is InChI=1S/C21H23FN6O/c22-18-8-6-16(7-9-18)14-27-12-10-19(11-13-27)24-21(29)20(28-15-23-25-26-28)17-4-2-1-3-5-17/h1-9,15,19-20H,10-14H2,(H,24,29)/t20-/m0/s1. The molecule has 1 fully saturated rings. The van der Waals surface area contributed by atoms with Gasteiger partial charge in [0, 0.05) is 25.7 Å². The van der Waals surface area contributed by atoms with Gasteiger partial charge in [-0.05, 0) is 46.5 Å². The fourth-order valence-electron chi connectivity index (χ4n) is 3.71. The number of aromatic nitrogens is 4. The Morgan fingerprint density at radius 3 is 2.48 bits per heavy atom. The topological polar surface area (TPSA) is 75.9 Å². The zero-order valence-corrected chi connectivity index (χ0v) is 16.0. The average molecular weight is 394 g/mol. The second-order valence-corrected chi connectivity index (χ2v) is 7.29. The maximum Gasteiger partial charge on any atom is 0.249 e. The van der Waals surface area contributed by atoms with Crippen molar-refractivity contribution in [1.82, 2.24) is 30.4 Å². The van der Waals surface area contributed by atoms with Gasteiger partial charge in [-0.3, -0.25) is 9.69 Å². The van der Waals surface area contributed by atoms with E-state index in [0.29, 0.717) is 0 Å². The highest BCUT2D eigenvalue weighted by Crippen LogP contribution is 2.19. The fraction of sp³-hybridized carbons (Fsp3) is 0.333. The number of nitrogens with zero attached hydrogens (tertiary/aromatic N) is 5.